The third-order valence-electron chi connectivity index (χ3n) is 2.79. The van der Waals surface area contributed by atoms with Crippen LogP contribution in [0.25, 0.3) is 6.08 Å². The SMILES string of the molecule is Cc1ccccc1/C=C/NC(=O)Nc1ccccc1Br. The van der Waals surface area contributed by atoms with E-state index in [-0.39, 0.29) is 6.03 Å². The molecule has 0 heterocycles. The van der Waals surface area contributed by atoms with Crippen molar-refractivity contribution in [2.45, 2.75) is 6.92 Å². The van der Waals surface area contributed by atoms with Gasteiger partial charge in [0, 0.05) is 10.7 Å². The molecule has 0 saturated carbocycles. The van der Waals surface area contributed by atoms with E-state index in [1.165, 1.54) is 0 Å². The van der Waals surface area contributed by atoms with E-state index in [0.29, 0.717) is 0 Å². The lowest BCUT2D eigenvalue weighted by molar-refractivity contribution is 0.255. The largest absolute Gasteiger partial charge is 0.323 e. The number of anilines is 1. The second-order valence-electron chi connectivity index (χ2n) is 4.27. The van der Waals surface area contributed by atoms with Crippen molar-refractivity contribution in [2.75, 3.05) is 5.32 Å². The molecule has 0 aromatic heterocycles. The Kier molecular flexibility index (Phi) is 4.96. The van der Waals surface area contributed by atoms with Crippen molar-refractivity contribution in [2.24, 2.45) is 0 Å². The van der Waals surface area contributed by atoms with Crippen LogP contribution in [0.5, 0.6) is 0 Å². The Morgan fingerprint density at radius 3 is 2.55 bits per heavy atom. The third kappa shape index (κ3) is 3.96. The Bertz CT molecular complexity index is 638. The smallest absolute Gasteiger partial charge is 0.314 e. The molecular weight excluding hydrogens is 316 g/mol. The normalized spacial score (nSPS) is 10.5. The summed E-state index contributed by atoms with van der Waals surface area (Å²) in [5.74, 6) is 0. The lowest BCUT2D eigenvalue weighted by Gasteiger charge is -2.06. The highest BCUT2D eigenvalue weighted by molar-refractivity contribution is 9.10. The molecule has 0 radical (unpaired) electrons. The summed E-state index contributed by atoms with van der Waals surface area (Å²) in [5, 5.41) is 5.45. The summed E-state index contributed by atoms with van der Waals surface area (Å²) < 4.78 is 0.845. The number of halogens is 1. The van der Waals surface area contributed by atoms with Crippen LogP contribution in [0.4, 0.5) is 10.5 Å². The number of aryl methyl sites for hydroxylation is 1. The van der Waals surface area contributed by atoms with Gasteiger partial charge in [-0.1, -0.05) is 36.4 Å². The molecule has 2 rings (SSSR count). The molecule has 0 saturated heterocycles. The molecule has 0 atom stereocenters. The van der Waals surface area contributed by atoms with Gasteiger partial charge in [-0.05, 0) is 52.2 Å². The van der Waals surface area contributed by atoms with Gasteiger partial charge in [-0.2, -0.15) is 0 Å². The van der Waals surface area contributed by atoms with E-state index < -0.39 is 0 Å². The average Bonchev–Trinajstić information content (AvgIpc) is 2.43. The molecule has 0 aliphatic carbocycles. The van der Waals surface area contributed by atoms with Gasteiger partial charge in [-0.3, -0.25) is 0 Å². The molecule has 0 unspecified atom stereocenters. The molecule has 0 fully saturated rings. The lowest BCUT2D eigenvalue weighted by atomic mass is 10.1. The number of hydrogen-bond acceptors (Lipinski definition) is 1. The number of carbonyl (C=O) groups is 1. The first kappa shape index (κ1) is 14.3. The molecule has 2 N–H and O–H groups in total. The second-order valence-corrected chi connectivity index (χ2v) is 5.12. The number of hydrogen-bond donors (Lipinski definition) is 2. The van der Waals surface area contributed by atoms with E-state index in [0.717, 1.165) is 21.3 Å². The lowest BCUT2D eigenvalue weighted by Crippen LogP contribution is -2.23. The zero-order chi connectivity index (χ0) is 14.4. The molecule has 0 aliphatic heterocycles. The molecule has 102 valence electrons. The Labute approximate surface area is 126 Å². The van der Waals surface area contributed by atoms with E-state index in [4.69, 9.17) is 0 Å². The monoisotopic (exact) mass is 330 g/mol. The first-order valence-corrected chi connectivity index (χ1v) is 7.00. The van der Waals surface area contributed by atoms with Crippen LogP contribution in [0, 0.1) is 6.92 Å². The predicted molar refractivity (Wildman–Crippen MR) is 86.5 cm³/mol. The zero-order valence-corrected chi connectivity index (χ0v) is 12.6. The van der Waals surface area contributed by atoms with Crippen LogP contribution in [-0.2, 0) is 0 Å². The van der Waals surface area contributed by atoms with E-state index in [1.807, 2.05) is 61.5 Å². The van der Waals surface area contributed by atoms with Crippen LogP contribution in [0.2, 0.25) is 0 Å². The van der Waals surface area contributed by atoms with Gasteiger partial charge in [-0.25, -0.2) is 4.79 Å². The van der Waals surface area contributed by atoms with E-state index in [1.54, 1.807) is 6.20 Å². The van der Waals surface area contributed by atoms with Gasteiger partial charge in [0.15, 0.2) is 0 Å². The van der Waals surface area contributed by atoms with Gasteiger partial charge < -0.3 is 10.6 Å². The molecule has 2 aromatic rings. The predicted octanol–water partition coefficient (Wildman–Crippen LogP) is 4.55. The maximum Gasteiger partial charge on any atom is 0.323 e. The molecule has 0 aliphatic rings. The van der Waals surface area contributed by atoms with Crippen LogP contribution in [0.15, 0.2) is 59.2 Å². The molecule has 2 amide bonds. The standard InChI is InChI=1S/C16H15BrN2O/c1-12-6-2-3-7-13(12)10-11-18-16(20)19-15-9-5-4-8-14(15)17/h2-11H,1H3,(H2,18,19,20)/b11-10+. The number of para-hydroxylation sites is 1. The number of benzene rings is 2. The van der Waals surface area contributed by atoms with Crippen molar-refractivity contribution in [3.63, 3.8) is 0 Å². The van der Waals surface area contributed by atoms with Crippen LogP contribution < -0.4 is 10.6 Å². The van der Waals surface area contributed by atoms with Gasteiger partial charge >= 0.3 is 6.03 Å². The molecule has 0 spiro atoms. The van der Waals surface area contributed by atoms with E-state index in [2.05, 4.69) is 26.6 Å². The topological polar surface area (TPSA) is 41.1 Å². The number of carbonyl (C=O) groups excluding carboxylic acids is 1. The summed E-state index contributed by atoms with van der Waals surface area (Å²) in [6, 6.07) is 15.2. The van der Waals surface area contributed by atoms with Crippen molar-refractivity contribution in [3.05, 3.63) is 70.3 Å². The fourth-order valence-corrected chi connectivity index (χ4v) is 2.09. The highest BCUT2D eigenvalue weighted by atomic mass is 79.9. The van der Waals surface area contributed by atoms with Crippen LogP contribution in [0.3, 0.4) is 0 Å². The Hall–Kier alpha value is -2.07. The fraction of sp³-hybridized carbons (Fsp3) is 0.0625. The number of amides is 2. The van der Waals surface area contributed by atoms with E-state index in [9.17, 15) is 4.79 Å². The average molecular weight is 331 g/mol. The molecule has 0 bridgehead atoms. The van der Waals surface area contributed by atoms with Crippen molar-refractivity contribution in [1.82, 2.24) is 5.32 Å². The van der Waals surface area contributed by atoms with Gasteiger partial charge in [-0.15, -0.1) is 0 Å². The van der Waals surface area contributed by atoms with E-state index >= 15 is 0 Å². The maximum atomic E-state index is 11.7. The minimum atomic E-state index is -0.276. The van der Waals surface area contributed by atoms with Crippen molar-refractivity contribution < 1.29 is 4.79 Å². The summed E-state index contributed by atoms with van der Waals surface area (Å²) in [4.78, 5) is 11.7. The summed E-state index contributed by atoms with van der Waals surface area (Å²) in [7, 11) is 0. The minimum Gasteiger partial charge on any atom is -0.314 e. The quantitative estimate of drug-likeness (QED) is 0.851. The summed E-state index contributed by atoms with van der Waals surface area (Å²) in [6.45, 7) is 2.03. The van der Waals surface area contributed by atoms with Gasteiger partial charge in [0.2, 0.25) is 0 Å². The van der Waals surface area contributed by atoms with Gasteiger partial charge in [0.05, 0.1) is 5.69 Å². The highest BCUT2D eigenvalue weighted by Gasteiger charge is 2.02. The summed E-state index contributed by atoms with van der Waals surface area (Å²) in [6.07, 6.45) is 3.50. The minimum absolute atomic E-state index is 0.276. The fourth-order valence-electron chi connectivity index (χ4n) is 1.70. The van der Waals surface area contributed by atoms with Gasteiger partial charge in [0.25, 0.3) is 0 Å². The summed E-state index contributed by atoms with van der Waals surface area (Å²) >= 11 is 3.38. The van der Waals surface area contributed by atoms with Crippen molar-refractivity contribution in [1.29, 1.82) is 0 Å². The molecule has 20 heavy (non-hydrogen) atoms. The zero-order valence-electron chi connectivity index (χ0n) is 11.1. The molecule has 2 aromatic carbocycles. The number of urea groups is 1. The first-order chi connectivity index (χ1) is 9.66. The molecular formula is C16H15BrN2O. The molecule has 3 nitrogen and oxygen atoms in total. The molecule has 4 heteroatoms. The second kappa shape index (κ2) is 6.91. The van der Waals surface area contributed by atoms with Crippen LogP contribution in [-0.4, -0.2) is 6.03 Å². The van der Waals surface area contributed by atoms with Crippen LogP contribution >= 0.6 is 15.9 Å². The third-order valence-corrected chi connectivity index (χ3v) is 3.48. The first-order valence-electron chi connectivity index (χ1n) is 6.21. The Morgan fingerprint density at radius 2 is 1.80 bits per heavy atom. The number of rotatable bonds is 3. The Morgan fingerprint density at radius 1 is 1.10 bits per heavy atom. The summed E-state index contributed by atoms with van der Waals surface area (Å²) in [5.41, 5.74) is 2.97. The van der Waals surface area contributed by atoms with Gasteiger partial charge in [0.1, 0.15) is 0 Å². The van der Waals surface area contributed by atoms with Crippen LogP contribution in [0.1, 0.15) is 11.1 Å². The van der Waals surface area contributed by atoms with Crippen molar-refractivity contribution in [3.8, 4) is 0 Å². The maximum absolute atomic E-state index is 11.7. The Balaban J connectivity index is 1.93. The number of nitrogens with one attached hydrogen (secondary N) is 2. The van der Waals surface area contributed by atoms with Crippen molar-refractivity contribution >= 4 is 33.7 Å². The highest BCUT2D eigenvalue weighted by Crippen LogP contribution is 2.20.